The molecule has 7 rings (SSSR count). The standard InChI is InChI=1S/C34H31Cl2N5O5/c35-26-7-5-23(17-27(26)36)34(43)38-24-6-9-32(37-18-24)46-29-3-1-2-28-25(29)10-11-41(28)20-33(42)40-14-12-39(13-15-40)19-22-4-8-30-31(16-22)45-21-44-30/h1-11,16-18,33,42H,12-15,19-21H2,(H,38,43). The molecule has 1 amide bonds. The molecule has 2 aliphatic rings. The molecule has 0 bridgehead atoms. The van der Waals surface area contributed by atoms with Crippen molar-refractivity contribution in [3.8, 4) is 23.1 Å². The number of ether oxygens (including phenoxy) is 3. The summed E-state index contributed by atoms with van der Waals surface area (Å²) in [6.07, 6.45) is 2.87. The van der Waals surface area contributed by atoms with Gasteiger partial charge in [-0.3, -0.25) is 14.6 Å². The number of carbonyl (C=O) groups is 1. The number of rotatable bonds is 9. The fourth-order valence-corrected chi connectivity index (χ4v) is 6.02. The van der Waals surface area contributed by atoms with Gasteiger partial charge in [-0.1, -0.05) is 35.3 Å². The van der Waals surface area contributed by atoms with Crippen LogP contribution in [-0.4, -0.2) is 69.6 Å². The fourth-order valence-electron chi connectivity index (χ4n) is 5.72. The zero-order valence-electron chi connectivity index (χ0n) is 24.7. The monoisotopic (exact) mass is 659 g/mol. The van der Waals surface area contributed by atoms with Crippen LogP contribution in [0.4, 0.5) is 5.69 Å². The number of hydrogen-bond donors (Lipinski definition) is 2. The Morgan fingerprint density at radius 1 is 0.957 bits per heavy atom. The van der Waals surface area contributed by atoms with Gasteiger partial charge in [0.15, 0.2) is 11.5 Å². The van der Waals surface area contributed by atoms with Gasteiger partial charge in [-0.25, -0.2) is 4.98 Å². The molecular formula is C34H31Cl2N5O5. The number of amides is 1. The third-order valence-electron chi connectivity index (χ3n) is 8.20. The van der Waals surface area contributed by atoms with Crippen LogP contribution in [0, 0.1) is 0 Å². The molecule has 10 nitrogen and oxygen atoms in total. The van der Waals surface area contributed by atoms with Gasteiger partial charge in [-0.2, -0.15) is 0 Å². The normalized spacial score (nSPS) is 15.6. The number of halogens is 2. The Hall–Kier alpha value is -4.32. The highest BCUT2D eigenvalue weighted by Crippen LogP contribution is 2.33. The summed E-state index contributed by atoms with van der Waals surface area (Å²) in [4.78, 5) is 21.5. The molecule has 0 saturated carbocycles. The van der Waals surface area contributed by atoms with E-state index in [1.165, 1.54) is 17.8 Å². The number of piperazine rings is 1. The van der Waals surface area contributed by atoms with Gasteiger partial charge in [0.1, 0.15) is 12.0 Å². The van der Waals surface area contributed by atoms with Crippen LogP contribution in [0.25, 0.3) is 10.9 Å². The largest absolute Gasteiger partial charge is 0.454 e. The molecule has 1 fully saturated rings. The molecule has 2 aromatic heterocycles. The van der Waals surface area contributed by atoms with E-state index in [9.17, 15) is 9.90 Å². The van der Waals surface area contributed by atoms with Gasteiger partial charge < -0.3 is 29.2 Å². The number of fused-ring (bicyclic) bond motifs is 2. The third-order valence-corrected chi connectivity index (χ3v) is 8.93. The first-order valence-corrected chi connectivity index (χ1v) is 15.7. The molecule has 5 aromatic rings. The minimum absolute atomic E-state index is 0.275. The summed E-state index contributed by atoms with van der Waals surface area (Å²) < 4.78 is 19.1. The summed E-state index contributed by atoms with van der Waals surface area (Å²) in [6.45, 7) is 4.81. The Kier molecular flexibility index (Phi) is 8.70. The van der Waals surface area contributed by atoms with Crippen LogP contribution in [0.3, 0.4) is 0 Å². The number of pyridine rings is 1. The van der Waals surface area contributed by atoms with Crippen LogP contribution in [0.5, 0.6) is 23.1 Å². The van der Waals surface area contributed by atoms with Crippen molar-refractivity contribution < 1.29 is 24.1 Å². The van der Waals surface area contributed by atoms with Crippen molar-refractivity contribution in [2.24, 2.45) is 0 Å². The van der Waals surface area contributed by atoms with Crippen molar-refractivity contribution in [2.45, 2.75) is 19.3 Å². The lowest BCUT2D eigenvalue weighted by molar-refractivity contribution is -0.0352. The molecule has 2 aliphatic heterocycles. The van der Waals surface area contributed by atoms with Crippen molar-refractivity contribution in [3.05, 3.63) is 106 Å². The maximum Gasteiger partial charge on any atom is 0.255 e. The van der Waals surface area contributed by atoms with Crippen molar-refractivity contribution in [1.82, 2.24) is 19.4 Å². The maximum atomic E-state index is 12.6. The number of anilines is 1. The van der Waals surface area contributed by atoms with E-state index >= 15 is 0 Å². The predicted octanol–water partition coefficient (Wildman–Crippen LogP) is 6.25. The summed E-state index contributed by atoms with van der Waals surface area (Å²) in [5.74, 6) is 2.29. The third kappa shape index (κ3) is 6.62. The molecule has 0 radical (unpaired) electrons. The van der Waals surface area contributed by atoms with Gasteiger partial charge in [0, 0.05) is 55.9 Å². The molecule has 46 heavy (non-hydrogen) atoms. The number of nitrogens with one attached hydrogen (secondary N) is 1. The van der Waals surface area contributed by atoms with Crippen LogP contribution < -0.4 is 19.5 Å². The number of hydrogen-bond acceptors (Lipinski definition) is 8. The second-order valence-electron chi connectivity index (χ2n) is 11.2. The Morgan fingerprint density at radius 2 is 1.80 bits per heavy atom. The van der Waals surface area contributed by atoms with Crippen molar-refractivity contribution in [1.29, 1.82) is 0 Å². The first-order valence-electron chi connectivity index (χ1n) is 14.9. The zero-order valence-corrected chi connectivity index (χ0v) is 26.2. The smallest absolute Gasteiger partial charge is 0.255 e. The Bertz CT molecular complexity index is 1870. The highest BCUT2D eigenvalue weighted by Gasteiger charge is 2.24. The van der Waals surface area contributed by atoms with Gasteiger partial charge in [-0.15, -0.1) is 0 Å². The number of aliphatic hydroxyl groups is 1. The summed E-state index contributed by atoms with van der Waals surface area (Å²) in [5, 5.41) is 15.5. The highest BCUT2D eigenvalue weighted by molar-refractivity contribution is 6.42. The Labute approximate surface area is 275 Å². The topological polar surface area (TPSA) is 101 Å². The second kappa shape index (κ2) is 13.2. The molecule has 2 N–H and O–H groups in total. The number of carbonyl (C=O) groups excluding carboxylic acids is 1. The summed E-state index contributed by atoms with van der Waals surface area (Å²) >= 11 is 12.0. The average molecular weight is 661 g/mol. The molecule has 12 heteroatoms. The Balaban J connectivity index is 0.943. The highest BCUT2D eigenvalue weighted by atomic mass is 35.5. The van der Waals surface area contributed by atoms with E-state index in [1.807, 2.05) is 47.2 Å². The first-order chi connectivity index (χ1) is 22.4. The lowest BCUT2D eigenvalue weighted by Gasteiger charge is -2.37. The second-order valence-corrected chi connectivity index (χ2v) is 12.0. The van der Waals surface area contributed by atoms with E-state index in [0.29, 0.717) is 39.5 Å². The van der Waals surface area contributed by atoms with Crippen LogP contribution in [0.15, 0.2) is 85.2 Å². The van der Waals surface area contributed by atoms with E-state index in [1.54, 1.807) is 24.3 Å². The molecule has 236 valence electrons. The molecule has 0 spiro atoms. The van der Waals surface area contributed by atoms with Crippen molar-refractivity contribution >= 4 is 45.7 Å². The average Bonchev–Trinajstić information content (AvgIpc) is 3.71. The SMILES string of the molecule is O=C(Nc1ccc(Oc2cccc3c2ccn3CC(O)N2CCN(Cc3ccc4c(c3)OCO4)CC2)nc1)c1ccc(Cl)c(Cl)c1. The zero-order chi connectivity index (χ0) is 31.6. The summed E-state index contributed by atoms with van der Waals surface area (Å²) in [7, 11) is 0. The minimum atomic E-state index is -0.624. The maximum absolute atomic E-state index is 12.6. The molecule has 1 atom stereocenters. The fraction of sp³-hybridized carbons (Fsp3) is 0.235. The molecule has 1 unspecified atom stereocenters. The Morgan fingerprint density at radius 3 is 2.61 bits per heavy atom. The summed E-state index contributed by atoms with van der Waals surface area (Å²) in [6, 6.07) is 22.0. The lowest BCUT2D eigenvalue weighted by Crippen LogP contribution is -2.51. The molecule has 0 aliphatic carbocycles. The van der Waals surface area contributed by atoms with Gasteiger partial charge >= 0.3 is 0 Å². The molecule has 1 saturated heterocycles. The molecule has 4 heterocycles. The van der Waals surface area contributed by atoms with Crippen LogP contribution in [-0.2, 0) is 13.1 Å². The van der Waals surface area contributed by atoms with Crippen LogP contribution in [0.1, 0.15) is 15.9 Å². The van der Waals surface area contributed by atoms with E-state index in [-0.39, 0.29) is 12.7 Å². The molecule has 3 aromatic carbocycles. The van der Waals surface area contributed by atoms with Gasteiger partial charge in [0.25, 0.3) is 5.91 Å². The molecular weight excluding hydrogens is 629 g/mol. The van der Waals surface area contributed by atoms with Gasteiger partial charge in [-0.05, 0) is 60.2 Å². The number of nitrogens with zero attached hydrogens (tertiary/aromatic N) is 4. The predicted molar refractivity (Wildman–Crippen MR) is 176 cm³/mol. The quantitative estimate of drug-likeness (QED) is 0.191. The van der Waals surface area contributed by atoms with Crippen LogP contribution >= 0.6 is 23.2 Å². The van der Waals surface area contributed by atoms with Crippen molar-refractivity contribution in [2.75, 3.05) is 38.3 Å². The minimum Gasteiger partial charge on any atom is -0.454 e. The van der Waals surface area contributed by atoms with Crippen molar-refractivity contribution in [3.63, 3.8) is 0 Å². The number of aromatic nitrogens is 2. The van der Waals surface area contributed by atoms with E-state index < -0.39 is 6.23 Å². The lowest BCUT2D eigenvalue weighted by atomic mass is 10.1. The number of benzene rings is 3. The van der Waals surface area contributed by atoms with Gasteiger partial charge in [0.05, 0.1) is 34.0 Å². The van der Waals surface area contributed by atoms with E-state index in [2.05, 4.69) is 26.2 Å². The first kappa shape index (κ1) is 30.3. The summed E-state index contributed by atoms with van der Waals surface area (Å²) in [5.41, 5.74) is 3.03. The van der Waals surface area contributed by atoms with E-state index in [4.69, 9.17) is 37.4 Å². The number of aliphatic hydroxyl groups excluding tert-OH is 1. The van der Waals surface area contributed by atoms with Crippen LogP contribution in [0.2, 0.25) is 10.0 Å². The van der Waals surface area contributed by atoms with Gasteiger partial charge in [0.2, 0.25) is 12.7 Å². The van der Waals surface area contributed by atoms with E-state index in [0.717, 1.165) is 55.1 Å².